The molecule has 3 aromatic rings. The maximum absolute atomic E-state index is 12.9. The van der Waals surface area contributed by atoms with Gasteiger partial charge in [0.1, 0.15) is 5.15 Å². The molecule has 0 aliphatic carbocycles. The molecular weight excluding hydrogens is 370 g/mol. The monoisotopic (exact) mass is 395 g/mol. The molecule has 0 unspecified atom stereocenters. The summed E-state index contributed by atoms with van der Waals surface area (Å²) in [6, 6.07) is 19.9. The van der Waals surface area contributed by atoms with E-state index in [1.54, 1.807) is 11.6 Å². The van der Waals surface area contributed by atoms with Crippen LogP contribution in [0.5, 0.6) is 0 Å². The van der Waals surface area contributed by atoms with Crippen LogP contribution in [0.4, 0.5) is 0 Å². The van der Waals surface area contributed by atoms with Gasteiger partial charge in [-0.15, -0.1) is 0 Å². The highest BCUT2D eigenvalue weighted by molar-refractivity contribution is 6.33. The number of carbonyl (C=O) groups excluding carboxylic acids is 1. The minimum Gasteiger partial charge on any atom is -0.349 e. The summed E-state index contributed by atoms with van der Waals surface area (Å²) in [5, 5.41) is 7.88. The fraction of sp³-hybridized carbons (Fsp3) is 0.304. The summed E-state index contributed by atoms with van der Waals surface area (Å²) in [7, 11) is 0. The van der Waals surface area contributed by atoms with E-state index in [0.717, 1.165) is 12.1 Å². The maximum atomic E-state index is 12.9. The van der Waals surface area contributed by atoms with Gasteiger partial charge in [0.05, 0.1) is 16.9 Å². The van der Waals surface area contributed by atoms with Crippen LogP contribution in [0, 0.1) is 6.92 Å². The lowest BCUT2D eigenvalue weighted by Gasteiger charge is -2.29. The summed E-state index contributed by atoms with van der Waals surface area (Å²) < 4.78 is 1.60. The maximum Gasteiger partial charge on any atom is 0.256 e. The van der Waals surface area contributed by atoms with Gasteiger partial charge >= 0.3 is 0 Å². The number of amides is 1. The second-order valence-electron chi connectivity index (χ2n) is 7.83. The number of aryl methyl sites for hydroxylation is 1. The summed E-state index contributed by atoms with van der Waals surface area (Å²) in [5.74, 6) is -0.193. The van der Waals surface area contributed by atoms with E-state index in [-0.39, 0.29) is 17.4 Å². The summed E-state index contributed by atoms with van der Waals surface area (Å²) in [6.07, 6.45) is 0.812. The van der Waals surface area contributed by atoms with Crippen molar-refractivity contribution in [3.63, 3.8) is 0 Å². The second-order valence-corrected chi connectivity index (χ2v) is 8.19. The van der Waals surface area contributed by atoms with Crippen LogP contribution >= 0.6 is 11.6 Å². The van der Waals surface area contributed by atoms with Crippen molar-refractivity contribution in [1.29, 1.82) is 0 Å². The Kier molecular flexibility index (Phi) is 5.90. The Morgan fingerprint density at radius 2 is 1.68 bits per heavy atom. The van der Waals surface area contributed by atoms with E-state index in [1.807, 2.05) is 55.5 Å². The molecule has 1 N–H and O–H groups in total. The molecule has 2 aromatic carbocycles. The average molecular weight is 396 g/mol. The molecule has 28 heavy (non-hydrogen) atoms. The van der Waals surface area contributed by atoms with Gasteiger partial charge in [0.2, 0.25) is 0 Å². The Hall–Kier alpha value is -2.59. The lowest BCUT2D eigenvalue weighted by Crippen LogP contribution is -2.37. The predicted molar refractivity (Wildman–Crippen MR) is 114 cm³/mol. The smallest absolute Gasteiger partial charge is 0.256 e. The van der Waals surface area contributed by atoms with E-state index in [0.29, 0.717) is 16.4 Å². The minimum absolute atomic E-state index is 0.0155. The zero-order valence-corrected chi connectivity index (χ0v) is 17.5. The van der Waals surface area contributed by atoms with Crippen molar-refractivity contribution in [1.82, 2.24) is 15.1 Å². The van der Waals surface area contributed by atoms with Crippen molar-refractivity contribution in [3.05, 3.63) is 82.6 Å². The van der Waals surface area contributed by atoms with Crippen LogP contribution in [0.15, 0.2) is 60.7 Å². The molecule has 0 fully saturated rings. The quantitative estimate of drug-likeness (QED) is 0.613. The predicted octanol–water partition coefficient (Wildman–Crippen LogP) is 5.32. The van der Waals surface area contributed by atoms with Crippen LogP contribution in [0.1, 0.15) is 48.8 Å². The Morgan fingerprint density at radius 1 is 1.11 bits per heavy atom. The van der Waals surface area contributed by atoms with Crippen LogP contribution in [0.25, 0.3) is 5.69 Å². The van der Waals surface area contributed by atoms with E-state index in [9.17, 15) is 4.79 Å². The van der Waals surface area contributed by atoms with Gasteiger partial charge in [-0.1, -0.05) is 74.0 Å². The molecule has 5 heteroatoms. The average Bonchev–Trinajstić information content (AvgIpc) is 2.97. The van der Waals surface area contributed by atoms with Crippen molar-refractivity contribution in [2.75, 3.05) is 0 Å². The minimum atomic E-state index is -0.193. The number of benzene rings is 2. The van der Waals surface area contributed by atoms with Crippen LogP contribution in [-0.2, 0) is 5.41 Å². The highest BCUT2D eigenvalue weighted by Crippen LogP contribution is 2.29. The topological polar surface area (TPSA) is 46.9 Å². The van der Waals surface area contributed by atoms with Gasteiger partial charge in [-0.05, 0) is 43.4 Å². The number of hydrogen-bond donors (Lipinski definition) is 1. The molecule has 1 heterocycles. The third-order valence-corrected chi connectivity index (χ3v) is 5.33. The number of para-hydroxylation sites is 1. The Balaban J connectivity index is 1.75. The largest absolute Gasteiger partial charge is 0.349 e. The van der Waals surface area contributed by atoms with E-state index in [4.69, 9.17) is 11.6 Å². The lowest BCUT2D eigenvalue weighted by atomic mass is 9.79. The number of hydrogen-bond acceptors (Lipinski definition) is 2. The third-order valence-electron chi connectivity index (χ3n) is 4.98. The van der Waals surface area contributed by atoms with E-state index < -0.39 is 0 Å². The first-order valence-electron chi connectivity index (χ1n) is 9.46. The second kappa shape index (κ2) is 8.19. The molecule has 0 radical (unpaired) electrons. The van der Waals surface area contributed by atoms with Gasteiger partial charge in [0.25, 0.3) is 5.91 Å². The molecule has 1 amide bonds. The van der Waals surface area contributed by atoms with Gasteiger partial charge in [0.15, 0.2) is 0 Å². The number of nitrogens with zero attached hydrogens (tertiary/aromatic N) is 2. The molecule has 1 atom stereocenters. The third kappa shape index (κ3) is 4.28. The molecule has 4 nitrogen and oxygen atoms in total. The van der Waals surface area contributed by atoms with Gasteiger partial charge in [0, 0.05) is 6.04 Å². The number of nitrogens with one attached hydrogen (secondary N) is 1. The molecule has 0 saturated carbocycles. The molecule has 146 valence electrons. The summed E-state index contributed by atoms with van der Waals surface area (Å²) >= 11 is 6.51. The Morgan fingerprint density at radius 3 is 2.29 bits per heavy atom. The molecule has 0 aliphatic heterocycles. The number of aromatic nitrogens is 2. The van der Waals surface area contributed by atoms with E-state index in [2.05, 4.69) is 36.4 Å². The lowest BCUT2D eigenvalue weighted by molar-refractivity contribution is 0.0934. The van der Waals surface area contributed by atoms with Crippen molar-refractivity contribution in [2.45, 2.75) is 45.6 Å². The van der Waals surface area contributed by atoms with Gasteiger partial charge in [-0.3, -0.25) is 4.79 Å². The summed E-state index contributed by atoms with van der Waals surface area (Å²) in [5.41, 5.74) is 3.06. The first-order valence-corrected chi connectivity index (χ1v) is 9.84. The summed E-state index contributed by atoms with van der Waals surface area (Å²) in [4.78, 5) is 12.9. The molecular formula is C23H26ClN3O. The van der Waals surface area contributed by atoms with Crippen molar-refractivity contribution in [3.8, 4) is 5.69 Å². The fourth-order valence-electron chi connectivity index (χ4n) is 3.62. The SMILES string of the molecule is Cc1nn(-c2ccccc2)c(Cl)c1C(=O)N[C@H](C)CC(C)(C)c1ccccc1. The first-order chi connectivity index (χ1) is 13.3. The number of halogens is 1. The molecule has 0 bridgehead atoms. The van der Waals surface area contributed by atoms with Crippen LogP contribution < -0.4 is 5.32 Å². The fourth-order valence-corrected chi connectivity index (χ4v) is 3.97. The van der Waals surface area contributed by atoms with Gasteiger partial charge in [-0.2, -0.15) is 5.10 Å². The van der Waals surface area contributed by atoms with E-state index >= 15 is 0 Å². The summed E-state index contributed by atoms with van der Waals surface area (Å²) in [6.45, 7) is 8.21. The van der Waals surface area contributed by atoms with Crippen LogP contribution in [-0.4, -0.2) is 21.7 Å². The van der Waals surface area contributed by atoms with Crippen molar-refractivity contribution >= 4 is 17.5 Å². The van der Waals surface area contributed by atoms with Crippen LogP contribution in [0.2, 0.25) is 5.15 Å². The molecule has 1 aromatic heterocycles. The molecule has 3 rings (SSSR count). The Bertz CT molecular complexity index is 949. The van der Waals surface area contributed by atoms with Gasteiger partial charge in [-0.25, -0.2) is 4.68 Å². The Labute approximate surface area is 171 Å². The van der Waals surface area contributed by atoms with Gasteiger partial charge < -0.3 is 5.32 Å². The van der Waals surface area contributed by atoms with Crippen LogP contribution in [0.3, 0.4) is 0 Å². The normalized spacial score (nSPS) is 12.6. The zero-order valence-electron chi connectivity index (χ0n) is 16.7. The number of carbonyl (C=O) groups is 1. The van der Waals surface area contributed by atoms with Crippen molar-refractivity contribution < 1.29 is 4.79 Å². The highest BCUT2D eigenvalue weighted by Gasteiger charge is 2.26. The van der Waals surface area contributed by atoms with Crippen molar-refractivity contribution in [2.24, 2.45) is 0 Å². The number of rotatable bonds is 6. The standard InChI is InChI=1S/C23H26ClN3O/c1-16(15-23(3,4)18-11-7-5-8-12-18)25-22(28)20-17(2)26-27(21(20)24)19-13-9-6-10-14-19/h5-14,16H,15H2,1-4H3,(H,25,28)/t16-/m1/s1. The zero-order chi connectivity index (χ0) is 20.3. The molecule has 0 aliphatic rings. The first kappa shape index (κ1) is 20.2. The highest BCUT2D eigenvalue weighted by atomic mass is 35.5. The molecule has 0 spiro atoms. The van der Waals surface area contributed by atoms with E-state index in [1.165, 1.54) is 5.56 Å². The molecule has 0 saturated heterocycles.